The highest BCUT2D eigenvalue weighted by atomic mass is 31.1. The first-order valence-electron chi connectivity index (χ1n) is 1.88. The Balaban J connectivity index is 2.69. The molecular weight excluding hydrogens is 130 g/mol. The molecule has 3 nitrogen and oxygen atoms in total. The van der Waals surface area contributed by atoms with Crippen LogP contribution < -0.4 is 5.50 Å². The molecule has 0 heterocycles. The Morgan fingerprint density at radius 2 is 2.71 bits per heavy atom. The van der Waals surface area contributed by atoms with Crippen LogP contribution in [0.25, 0.3) is 0 Å². The van der Waals surface area contributed by atoms with Crippen molar-refractivity contribution in [2.45, 2.75) is 6.92 Å². The van der Waals surface area contributed by atoms with E-state index in [0.29, 0.717) is 8.52 Å². The molecule has 0 saturated heterocycles. The summed E-state index contributed by atoms with van der Waals surface area (Å²) in [5.74, 6) is 0. The van der Waals surface area contributed by atoms with Gasteiger partial charge in [0.1, 0.15) is 8.96 Å². The van der Waals surface area contributed by atoms with Gasteiger partial charge in [0.2, 0.25) is 0 Å². The minimum atomic E-state index is 0.220. The molecule has 0 saturated carbocycles. The molecule has 0 fully saturated rings. The zero-order valence-electron chi connectivity index (χ0n) is 4.09. The Morgan fingerprint density at radius 1 is 2.00 bits per heavy atom. The first-order chi connectivity index (χ1) is 3.41. The monoisotopic (exact) mass is 138 g/mol. The molecule has 0 aliphatic carbocycles. The number of nitrogens with two attached hydrogens (primary N) is 1. The van der Waals surface area contributed by atoms with Crippen molar-refractivity contribution in [3.8, 4) is 0 Å². The number of rotatable bonds is 3. The molecule has 0 spiro atoms. The maximum Gasteiger partial charge on any atom is 0.143 e. The molecule has 0 aliphatic rings. The molecule has 0 amide bonds. The number of hydrogen-bond donors (Lipinski definition) is 1. The van der Waals surface area contributed by atoms with E-state index >= 15 is 0 Å². The van der Waals surface area contributed by atoms with E-state index in [1.165, 1.54) is 0 Å². The molecule has 2 N–H and O–H groups in total. The average Bonchev–Trinajstić information content (AvgIpc) is 1.69. The van der Waals surface area contributed by atoms with Crippen molar-refractivity contribution in [2.75, 3.05) is 6.61 Å². The van der Waals surface area contributed by atoms with Crippen molar-refractivity contribution >= 4 is 17.5 Å². The lowest BCUT2D eigenvalue weighted by Gasteiger charge is -1.87. The molecule has 0 bridgehead atoms. The van der Waals surface area contributed by atoms with Crippen molar-refractivity contribution in [1.29, 1.82) is 0 Å². The third-order valence-corrected chi connectivity index (χ3v) is 1.51. The second kappa shape index (κ2) is 6.45. The Bertz CT molecular complexity index is 57.7. The summed E-state index contributed by atoms with van der Waals surface area (Å²) in [5.41, 5.74) is 5.00. The lowest BCUT2D eigenvalue weighted by molar-refractivity contribution is 0.390. The Morgan fingerprint density at radius 3 is 3.14 bits per heavy atom. The predicted octanol–water partition coefficient (Wildman–Crippen LogP) is 1.53. The van der Waals surface area contributed by atoms with Gasteiger partial charge < -0.3 is 4.52 Å². The molecule has 0 aromatic rings. The van der Waals surface area contributed by atoms with Crippen LogP contribution in [-0.2, 0) is 4.52 Å². The van der Waals surface area contributed by atoms with Crippen LogP contribution in [0.1, 0.15) is 6.92 Å². The van der Waals surface area contributed by atoms with Crippen LogP contribution in [0.3, 0.4) is 0 Å². The predicted molar refractivity (Wildman–Crippen MR) is 33.5 cm³/mol. The van der Waals surface area contributed by atoms with Crippen LogP contribution >= 0.6 is 17.5 Å². The largest absolute Gasteiger partial charge is 0.340 e. The minimum absolute atomic E-state index is 0.220. The molecule has 1 atom stereocenters. The third-order valence-electron chi connectivity index (χ3n) is 0.307. The molecule has 1 unspecified atom stereocenters. The van der Waals surface area contributed by atoms with E-state index in [9.17, 15) is 0 Å². The average molecular weight is 138 g/mol. The zero-order chi connectivity index (χ0) is 5.54. The van der Waals surface area contributed by atoms with Crippen LogP contribution in [0.5, 0.6) is 0 Å². The summed E-state index contributed by atoms with van der Waals surface area (Å²) < 4.78 is 8.57. The molecule has 0 rings (SSSR count). The van der Waals surface area contributed by atoms with Gasteiger partial charge in [0.15, 0.2) is 0 Å². The quantitative estimate of drug-likeness (QED) is 0.474. The summed E-state index contributed by atoms with van der Waals surface area (Å²) in [6, 6.07) is 0. The minimum Gasteiger partial charge on any atom is -0.340 e. The molecule has 0 aliphatic heterocycles. The lowest BCUT2D eigenvalue weighted by Crippen LogP contribution is -1.68. The summed E-state index contributed by atoms with van der Waals surface area (Å²) in [6.45, 7) is 2.65. The summed E-state index contributed by atoms with van der Waals surface area (Å²) in [7, 11) is 0.787. The first-order valence-corrected chi connectivity index (χ1v) is 3.65. The van der Waals surface area contributed by atoms with E-state index in [2.05, 4.69) is 4.52 Å². The highest BCUT2D eigenvalue weighted by molar-refractivity contribution is 7.40. The molecule has 0 aromatic heterocycles. The van der Waals surface area contributed by atoms with Gasteiger partial charge >= 0.3 is 0 Å². The second-order valence-corrected chi connectivity index (χ2v) is 2.24. The van der Waals surface area contributed by atoms with Gasteiger partial charge in [0, 0.05) is 6.61 Å². The Kier molecular flexibility index (Phi) is 6.86. The SMILES string of the molecule is CCOP/N=P\N. The van der Waals surface area contributed by atoms with Crippen molar-refractivity contribution in [1.82, 2.24) is 0 Å². The molecular formula is C2H8N2OP2. The van der Waals surface area contributed by atoms with E-state index in [1.807, 2.05) is 6.92 Å². The maximum atomic E-state index is 5.00. The number of nitrogens with zero attached hydrogens (tertiary/aromatic N) is 1. The van der Waals surface area contributed by atoms with E-state index in [0.717, 1.165) is 6.61 Å². The maximum absolute atomic E-state index is 5.00. The fourth-order valence-corrected chi connectivity index (χ4v) is 0.666. The summed E-state index contributed by atoms with van der Waals surface area (Å²) in [6.07, 6.45) is 0. The van der Waals surface area contributed by atoms with Gasteiger partial charge in [0.05, 0.1) is 8.52 Å². The number of hydrogen-bond acceptors (Lipinski definition) is 2. The van der Waals surface area contributed by atoms with E-state index in [-0.39, 0.29) is 8.96 Å². The van der Waals surface area contributed by atoms with Gasteiger partial charge in [-0.1, -0.05) is 0 Å². The van der Waals surface area contributed by atoms with Crippen LogP contribution in [0, 0.1) is 0 Å². The second-order valence-electron chi connectivity index (χ2n) is 0.740. The van der Waals surface area contributed by atoms with E-state index in [1.54, 1.807) is 0 Å². The van der Waals surface area contributed by atoms with Gasteiger partial charge in [-0.15, -0.1) is 0 Å². The van der Waals surface area contributed by atoms with E-state index < -0.39 is 0 Å². The van der Waals surface area contributed by atoms with Crippen molar-refractivity contribution in [3.05, 3.63) is 0 Å². The normalized spacial score (nSPS) is 12.3. The zero-order valence-corrected chi connectivity index (χ0v) is 5.98. The molecule has 0 aromatic carbocycles. The highest BCUT2D eigenvalue weighted by Gasteiger charge is 1.71. The van der Waals surface area contributed by atoms with Gasteiger partial charge in [-0.2, -0.15) is 0 Å². The molecule has 5 heteroatoms. The smallest absolute Gasteiger partial charge is 0.143 e. The Hall–Kier alpha value is 0.450. The van der Waals surface area contributed by atoms with Gasteiger partial charge in [-0.3, -0.25) is 5.50 Å². The van der Waals surface area contributed by atoms with E-state index in [4.69, 9.17) is 10.0 Å². The first kappa shape index (κ1) is 7.45. The van der Waals surface area contributed by atoms with Crippen LogP contribution in [0.2, 0.25) is 0 Å². The summed E-state index contributed by atoms with van der Waals surface area (Å²) in [4.78, 5) is 0. The summed E-state index contributed by atoms with van der Waals surface area (Å²) in [5, 5.41) is 0. The van der Waals surface area contributed by atoms with Gasteiger partial charge in [-0.05, 0) is 6.92 Å². The van der Waals surface area contributed by atoms with Crippen molar-refractivity contribution in [2.24, 2.45) is 10.0 Å². The summed E-state index contributed by atoms with van der Waals surface area (Å²) >= 11 is 0. The highest BCUT2D eigenvalue weighted by Crippen LogP contribution is 2.15. The topological polar surface area (TPSA) is 47.6 Å². The third kappa shape index (κ3) is 6.45. The fourth-order valence-electron chi connectivity index (χ4n) is 0.117. The molecule has 42 valence electrons. The van der Waals surface area contributed by atoms with Gasteiger partial charge in [0.25, 0.3) is 0 Å². The standard InChI is InChI=1S/C2H8N2OP2/c1-2-5-7-4-6-3/h7H,2H2,1H3,(H2,3,4). The van der Waals surface area contributed by atoms with Crippen LogP contribution in [0.15, 0.2) is 4.52 Å². The lowest BCUT2D eigenvalue weighted by atomic mass is 10.9. The Labute approximate surface area is 46.5 Å². The fraction of sp³-hybridized carbons (Fsp3) is 1.00. The van der Waals surface area contributed by atoms with Crippen molar-refractivity contribution < 1.29 is 4.52 Å². The van der Waals surface area contributed by atoms with Gasteiger partial charge in [-0.25, -0.2) is 4.52 Å². The van der Waals surface area contributed by atoms with Crippen LogP contribution in [0.4, 0.5) is 0 Å². The van der Waals surface area contributed by atoms with Crippen LogP contribution in [-0.4, -0.2) is 6.61 Å². The van der Waals surface area contributed by atoms with Crippen molar-refractivity contribution in [3.63, 3.8) is 0 Å². The molecule has 7 heavy (non-hydrogen) atoms. The molecule has 0 radical (unpaired) electrons.